The molecular formula is C20H20N6O2. The van der Waals surface area contributed by atoms with Crippen LogP contribution in [0.3, 0.4) is 0 Å². The van der Waals surface area contributed by atoms with Crippen molar-refractivity contribution < 1.29 is 9.59 Å². The number of aromatic nitrogens is 4. The molecule has 2 aromatic carbocycles. The van der Waals surface area contributed by atoms with Crippen molar-refractivity contribution in [1.82, 2.24) is 20.2 Å². The number of hydrogen-bond acceptors (Lipinski definition) is 5. The number of carbonyl (C=O) groups excluding carboxylic acids is 2. The summed E-state index contributed by atoms with van der Waals surface area (Å²) >= 11 is 0. The normalized spacial score (nSPS) is 13.8. The van der Waals surface area contributed by atoms with E-state index in [0.717, 1.165) is 12.1 Å². The first-order valence-corrected chi connectivity index (χ1v) is 9.26. The van der Waals surface area contributed by atoms with Crippen LogP contribution in [-0.2, 0) is 11.2 Å². The summed E-state index contributed by atoms with van der Waals surface area (Å²) in [5, 5.41) is 14.7. The third kappa shape index (κ3) is 3.36. The van der Waals surface area contributed by atoms with Crippen LogP contribution < -0.4 is 10.2 Å². The third-order valence-corrected chi connectivity index (χ3v) is 4.72. The molecule has 0 atom stereocenters. The molecule has 142 valence electrons. The maximum absolute atomic E-state index is 12.9. The van der Waals surface area contributed by atoms with Crippen molar-refractivity contribution in [2.45, 2.75) is 26.2 Å². The number of rotatable bonds is 5. The fraction of sp³-hybridized carbons (Fsp3) is 0.250. The van der Waals surface area contributed by atoms with Gasteiger partial charge in [-0.2, -0.15) is 4.68 Å². The minimum absolute atomic E-state index is 0.0914. The number of amides is 2. The Morgan fingerprint density at radius 3 is 2.82 bits per heavy atom. The summed E-state index contributed by atoms with van der Waals surface area (Å²) in [6.07, 6.45) is 2.06. The van der Waals surface area contributed by atoms with Crippen LogP contribution >= 0.6 is 0 Å². The van der Waals surface area contributed by atoms with Crippen molar-refractivity contribution in [1.29, 1.82) is 0 Å². The quantitative estimate of drug-likeness (QED) is 0.739. The van der Waals surface area contributed by atoms with Crippen molar-refractivity contribution in [2.24, 2.45) is 0 Å². The van der Waals surface area contributed by atoms with Gasteiger partial charge in [0.05, 0.1) is 11.4 Å². The van der Waals surface area contributed by atoms with E-state index in [2.05, 4.69) is 20.8 Å². The molecule has 28 heavy (non-hydrogen) atoms. The number of benzene rings is 2. The Morgan fingerprint density at radius 2 is 2.04 bits per heavy atom. The lowest BCUT2D eigenvalue weighted by molar-refractivity contribution is -0.117. The summed E-state index contributed by atoms with van der Waals surface area (Å²) in [5.41, 5.74) is 2.54. The first-order chi connectivity index (χ1) is 13.7. The third-order valence-electron chi connectivity index (χ3n) is 4.72. The SMILES string of the molecule is CCc1nnnn1-c1ccccc1NC(=O)c1cccc(N2CCCC2=O)c1. The number of anilines is 2. The zero-order valence-corrected chi connectivity index (χ0v) is 15.5. The van der Waals surface area contributed by atoms with E-state index in [0.29, 0.717) is 42.1 Å². The Hall–Kier alpha value is -3.55. The molecule has 1 aliphatic heterocycles. The van der Waals surface area contributed by atoms with Gasteiger partial charge in [-0.25, -0.2) is 0 Å². The molecule has 0 aliphatic carbocycles. The van der Waals surface area contributed by atoms with E-state index in [-0.39, 0.29) is 11.8 Å². The van der Waals surface area contributed by atoms with Crippen LogP contribution in [0.15, 0.2) is 48.5 Å². The molecule has 2 heterocycles. The molecule has 0 unspecified atom stereocenters. The molecule has 8 heteroatoms. The Morgan fingerprint density at radius 1 is 1.18 bits per heavy atom. The van der Waals surface area contributed by atoms with Crippen LogP contribution in [0.4, 0.5) is 11.4 Å². The minimum atomic E-state index is -0.257. The summed E-state index contributed by atoms with van der Waals surface area (Å²) in [6, 6.07) is 14.5. The monoisotopic (exact) mass is 376 g/mol. The molecule has 3 aromatic rings. The molecule has 1 aromatic heterocycles. The second-order valence-corrected chi connectivity index (χ2v) is 6.53. The summed E-state index contributed by atoms with van der Waals surface area (Å²) in [7, 11) is 0. The maximum Gasteiger partial charge on any atom is 0.255 e. The van der Waals surface area contributed by atoms with Gasteiger partial charge in [-0.3, -0.25) is 9.59 Å². The zero-order chi connectivity index (χ0) is 19.5. The molecule has 0 bridgehead atoms. The Bertz CT molecular complexity index is 1030. The molecule has 1 fully saturated rings. The van der Waals surface area contributed by atoms with E-state index >= 15 is 0 Å². The van der Waals surface area contributed by atoms with Gasteiger partial charge in [-0.05, 0) is 47.2 Å². The second kappa shape index (κ2) is 7.59. The Kier molecular flexibility index (Phi) is 4.84. The summed E-state index contributed by atoms with van der Waals surface area (Å²) in [6.45, 7) is 2.65. The van der Waals surface area contributed by atoms with E-state index < -0.39 is 0 Å². The Labute approximate surface area is 162 Å². The largest absolute Gasteiger partial charge is 0.320 e. The molecular weight excluding hydrogens is 356 g/mol. The lowest BCUT2D eigenvalue weighted by atomic mass is 10.1. The van der Waals surface area contributed by atoms with Crippen LogP contribution in [0.5, 0.6) is 0 Å². The molecule has 1 N–H and O–H groups in total. The van der Waals surface area contributed by atoms with E-state index in [1.807, 2.05) is 37.3 Å². The van der Waals surface area contributed by atoms with Crippen LogP contribution in [-0.4, -0.2) is 38.6 Å². The van der Waals surface area contributed by atoms with Gasteiger partial charge >= 0.3 is 0 Å². The number of nitrogens with one attached hydrogen (secondary N) is 1. The lowest BCUT2D eigenvalue weighted by Crippen LogP contribution is -2.24. The van der Waals surface area contributed by atoms with E-state index in [9.17, 15) is 9.59 Å². The number of tetrazole rings is 1. The molecule has 0 radical (unpaired) electrons. The highest BCUT2D eigenvalue weighted by atomic mass is 16.2. The average Bonchev–Trinajstić information content (AvgIpc) is 3.37. The van der Waals surface area contributed by atoms with Crippen molar-refractivity contribution >= 4 is 23.2 Å². The van der Waals surface area contributed by atoms with Gasteiger partial charge in [0.15, 0.2) is 5.82 Å². The predicted octanol–water partition coefficient (Wildman–Crippen LogP) is 2.60. The van der Waals surface area contributed by atoms with Gasteiger partial charge in [0.2, 0.25) is 5.91 Å². The smallest absolute Gasteiger partial charge is 0.255 e. The van der Waals surface area contributed by atoms with Crippen LogP contribution in [0, 0.1) is 0 Å². The number of nitrogens with zero attached hydrogens (tertiary/aromatic N) is 5. The van der Waals surface area contributed by atoms with E-state index in [1.54, 1.807) is 27.8 Å². The molecule has 2 amide bonds. The molecule has 8 nitrogen and oxygen atoms in total. The molecule has 0 saturated carbocycles. The number of aryl methyl sites for hydroxylation is 1. The van der Waals surface area contributed by atoms with Crippen LogP contribution in [0.2, 0.25) is 0 Å². The lowest BCUT2D eigenvalue weighted by Gasteiger charge is -2.17. The molecule has 0 spiro atoms. The number of hydrogen-bond donors (Lipinski definition) is 1. The van der Waals surface area contributed by atoms with Crippen LogP contribution in [0.25, 0.3) is 5.69 Å². The van der Waals surface area contributed by atoms with E-state index in [4.69, 9.17) is 0 Å². The zero-order valence-electron chi connectivity index (χ0n) is 15.5. The van der Waals surface area contributed by atoms with Gasteiger partial charge in [-0.15, -0.1) is 5.10 Å². The fourth-order valence-electron chi connectivity index (χ4n) is 3.31. The molecule has 1 saturated heterocycles. The van der Waals surface area contributed by atoms with Gasteiger partial charge < -0.3 is 10.2 Å². The highest BCUT2D eigenvalue weighted by molar-refractivity contribution is 6.06. The molecule has 1 aliphatic rings. The number of carbonyl (C=O) groups is 2. The summed E-state index contributed by atoms with van der Waals surface area (Å²) < 4.78 is 1.62. The van der Waals surface area contributed by atoms with Crippen molar-refractivity contribution in [2.75, 3.05) is 16.8 Å². The van der Waals surface area contributed by atoms with Gasteiger partial charge in [0, 0.05) is 30.6 Å². The summed E-state index contributed by atoms with van der Waals surface area (Å²) in [5.74, 6) is 0.539. The Balaban J connectivity index is 1.61. The second-order valence-electron chi connectivity index (χ2n) is 6.53. The average molecular weight is 376 g/mol. The minimum Gasteiger partial charge on any atom is -0.320 e. The van der Waals surface area contributed by atoms with E-state index in [1.165, 1.54) is 0 Å². The van der Waals surface area contributed by atoms with Gasteiger partial charge in [0.25, 0.3) is 5.91 Å². The predicted molar refractivity (Wildman–Crippen MR) is 105 cm³/mol. The first kappa shape index (κ1) is 17.8. The summed E-state index contributed by atoms with van der Waals surface area (Å²) in [4.78, 5) is 26.6. The van der Waals surface area contributed by atoms with Crippen LogP contribution in [0.1, 0.15) is 35.9 Å². The maximum atomic E-state index is 12.9. The van der Waals surface area contributed by atoms with Crippen molar-refractivity contribution in [3.63, 3.8) is 0 Å². The van der Waals surface area contributed by atoms with Gasteiger partial charge in [0.1, 0.15) is 0 Å². The highest BCUT2D eigenvalue weighted by Crippen LogP contribution is 2.24. The first-order valence-electron chi connectivity index (χ1n) is 9.26. The van der Waals surface area contributed by atoms with Gasteiger partial charge in [-0.1, -0.05) is 25.1 Å². The fourth-order valence-corrected chi connectivity index (χ4v) is 3.31. The number of para-hydroxylation sites is 2. The van der Waals surface area contributed by atoms with Crippen molar-refractivity contribution in [3.8, 4) is 5.69 Å². The standard InChI is InChI=1S/C20H20N6O2/c1-2-18-22-23-24-26(18)17-10-4-3-9-16(17)21-20(28)14-7-5-8-15(13-14)25-12-6-11-19(25)27/h3-5,7-10,13H,2,6,11-12H2,1H3,(H,21,28). The van der Waals surface area contributed by atoms with Crippen molar-refractivity contribution in [3.05, 3.63) is 59.9 Å². The highest BCUT2D eigenvalue weighted by Gasteiger charge is 2.22. The molecule has 4 rings (SSSR count). The topological polar surface area (TPSA) is 93.0 Å².